The first-order chi connectivity index (χ1) is 17.4. The molecule has 1 fully saturated rings. The van der Waals surface area contributed by atoms with Crippen LogP contribution in [0.1, 0.15) is 55.9 Å². The Balaban J connectivity index is 1.18. The summed E-state index contributed by atoms with van der Waals surface area (Å²) in [5, 5.41) is 18.4. The number of pyridine rings is 1. The summed E-state index contributed by atoms with van der Waals surface area (Å²) in [6, 6.07) is 11.4. The summed E-state index contributed by atoms with van der Waals surface area (Å²) >= 11 is 1.56. The van der Waals surface area contributed by atoms with Crippen molar-refractivity contribution in [3.63, 3.8) is 0 Å². The van der Waals surface area contributed by atoms with E-state index in [0.717, 1.165) is 29.0 Å². The monoisotopic (exact) mass is 501 g/mol. The van der Waals surface area contributed by atoms with Crippen molar-refractivity contribution in [3.8, 4) is 6.07 Å². The zero-order chi connectivity index (χ0) is 25.2. The van der Waals surface area contributed by atoms with Gasteiger partial charge in [-0.15, -0.1) is 11.8 Å². The summed E-state index contributed by atoms with van der Waals surface area (Å²) in [6.45, 7) is 1.73. The third-order valence-electron chi connectivity index (χ3n) is 6.75. The third-order valence-corrected chi connectivity index (χ3v) is 8.01. The van der Waals surface area contributed by atoms with Gasteiger partial charge >= 0.3 is 0 Å². The van der Waals surface area contributed by atoms with Gasteiger partial charge in [0, 0.05) is 61.9 Å². The molecule has 10 heteroatoms. The van der Waals surface area contributed by atoms with Gasteiger partial charge in [-0.05, 0) is 42.2 Å². The van der Waals surface area contributed by atoms with Gasteiger partial charge in [0.15, 0.2) is 0 Å². The molecule has 0 saturated carbocycles. The first kappa shape index (κ1) is 23.9. The quantitative estimate of drug-likeness (QED) is 0.645. The Bertz CT molecular complexity index is 1280. The van der Waals surface area contributed by atoms with Crippen LogP contribution in [-0.4, -0.2) is 65.6 Å². The maximum absolute atomic E-state index is 13.1. The van der Waals surface area contributed by atoms with Gasteiger partial charge in [-0.1, -0.05) is 18.2 Å². The minimum absolute atomic E-state index is 0.0546. The van der Waals surface area contributed by atoms with Crippen molar-refractivity contribution in [2.45, 2.75) is 30.1 Å². The molecule has 0 bridgehead atoms. The zero-order valence-corrected chi connectivity index (χ0v) is 20.7. The number of nitrogen functional groups attached to an aromatic ring is 1. The molecular formula is C26H27N7O2S. The van der Waals surface area contributed by atoms with Gasteiger partial charge < -0.3 is 16.0 Å². The van der Waals surface area contributed by atoms with E-state index in [2.05, 4.69) is 21.5 Å². The maximum atomic E-state index is 13.1. The minimum Gasteiger partial charge on any atom is -0.383 e. The second kappa shape index (κ2) is 10.0. The molecule has 2 amide bonds. The standard InChI is InChI=1S/C26H27N7O2S/c1-32-14-19(13-30-32)18-10-22(24(28)29-12-18)25(34)31-20-8-9-33(15-20)26(35)17-4-2-16(3-5-17)23-7-6-21(11-27)36-23/h2-6,10,12-13,19-20,23H,7-9,14-15H2,1H3,(H2,28,29)(H,31,34)/t19?,20-,23?/m1/s1. The number of nitrogens with one attached hydrogen (secondary N) is 1. The Morgan fingerprint density at radius 1 is 1.22 bits per heavy atom. The van der Waals surface area contributed by atoms with Crippen LogP contribution in [0.15, 0.2) is 52.6 Å². The van der Waals surface area contributed by atoms with E-state index >= 15 is 0 Å². The normalized spacial score (nSPS) is 23.0. The molecule has 5 rings (SSSR count). The maximum Gasteiger partial charge on any atom is 0.255 e. The van der Waals surface area contributed by atoms with Gasteiger partial charge in [0.2, 0.25) is 0 Å². The topological polar surface area (TPSA) is 128 Å². The number of hydrogen-bond donors (Lipinski definition) is 2. The van der Waals surface area contributed by atoms with Crippen molar-refractivity contribution in [2.75, 3.05) is 32.4 Å². The number of hydrazone groups is 1. The molecule has 3 atom stereocenters. The van der Waals surface area contributed by atoms with Crippen molar-refractivity contribution in [2.24, 2.45) is 5.10 Å². The summed E-state index contributed by atoms with van der Waals surface area (Å²) in [5.41, 5.74) is 8.97. The summed E-state index contributed by atoms with van der Waals surface area (Å²) in [7, 11) is 1.90. The fraction of sp³-hybridized carbons (Fsp3) is 0.346. The number of thioether (sulfide) groups is 1. The largest absolute Gasteiger partial charge is 0.383 e. The number of nitrogens with two attached hydrogens (primary N) is 1. The Labute approximate surface area is 214 Å². The van der Waals surface area contributed by atoms with E-state index in [4.69, 9.17) is 11.0 Å². The number of aromatic nitrogens is 1. The number of rotatable bonds is 5. The van der Waals surface area contributed by atoms with Gasteiger partial charge in [-0.25, -0.2) is 4.98 Å². The van der Waals surface area contributed by atoms with E-state index < -0.39 is 0 Å². The molecular weight excluding hydrogens is 474 g/mol. The molecule has 1 aromatic heterocycles. The fourth-order valence-corrected chi connectivity index (χ4v) is 5.77. The molecule has 3 N–H and O–H groups in total. The number of amides is 2. The van der Waals surface area contributed by atoms with E-state index in [0.29, 0.717) is 30.6 Å². The predicted molar refractivity (Wildman–Crippen MR) is 139 cm³/mol. The molecule has 2 aromatic rings. The molecule has 4 heterocycles. The van der Waals surface area contributed by atoms with Gasteiger partial charge in [0.05, 0.1) is 10.5 Å². The molecule has 9 nitrogen and oxygen atoms in total. The lowest BCUT2D eigenvalue weighted by Crippen LogP contribution is -2.38. The summed E-state index contributed by atoms with van der Waals surface area (Å²) in [6.07, 6.45) is 6.98. The molecule has 2 unspecified atom stereocenters. The number of carbonyl (C=O) groups excluding carboxylic acids is 2. The Hall–Kier alpha value is -3.84. The number of carbonyl (C=O) groups is 2. The second-order valence-corrected chi connectivity index (χ2v) is 10.5. The van der Waals surface area contributed by atoms with E-state index in [1.807, 2.05) is 48.6 Å². The highest BCUT2D eigenvalue weighted by molar-refractivity contribution is 8.03. The molecule has 3 aliphatic heterocycles. The highest BCUT2D eigenvalue weighted by Crippen LogP contribution is 2.43. The summed E-state index contributed by atoms with van der Waals surface area (Å²) < 4.78 is 0. The van der Waals surface area contributed by atoms with Crippen molar-refractivity contribution in [1.29, 1.82) is 5.26 Å². The number of likely N-dealkylation sites (tertiary alicyclic amines) is 1. The number of hydrogen-bond acceptors (Lipinski definition) is 8. The van der Waals surface area contributed by atoms with Gasteiger partial charge in [-0.2, -0.15) is 10.4 Å². The first-order valence-electron chi connectivity index (χ1n) is 11.9. The van der Waals surface area contributed by atoms with Crippen molar-refractivity contribution >= 4 is 35.6 Å². The van der Waals surface area contributed by atoms with Crippen LogP contribution in [0.25, 0.3) is 0 Å². The number of likely N-dealkylation sites (N-methyl/N-ethyl adjacent to an activating group) is 1. The molecule has 3 aliphatic rings. The van der Waals surface area contributed by atoms with Crippen LogP contribution in [0.2, 0.25) is 0 Å². The van der Waals surface area contributed by atoms with Gasteiger partial charge in [-0.3, -0.25) is 14.6 Å². The average molecular weight is 502 g/mol. The van der Waals surface area contributed by atoms with Crippen molar-refractivity contribution in [3.05, 3.63) is 69.8 Å². The number of nitrogens with zero attached hydrogens (tertiary/aromatic N) is 5. The lowest BCUT2D eigenvalue weighted by atomic mass is 10.0. The lowest BCUT2D eigenvalue weighted by Gasteiger charge is -2.18. The average Bonchev–Trinajstić information content (AvgIpc) is 3.65. The number of benzene rings is 1. The van der Waals surface area contributed by atoms with E-state index in [-0.39, 0.29) is 34.8 Å². The van der Waals surface area contributed by atoms with Crippen molar-refractivity contribution < 1.29 is 9.59 Å². The second-order valence-electron chi connectivity index (χ2n) is 9.27. The van der Waals surface area contributed by atoms with Crippen LogP contribution in [0.5, 0.6) is 0 Å². The number of anilines is 1. The van der Waals surface area contributed by atoms with Crippen molar-refractivity contribution in [1.82, 2.24) is 20.2 Å². The number of nitriles is 1. The summed E-state index contributed by atoms with van der Waals surface area (Å²) in [5.74, 6) is -0.0881. The van der Waals surface area contributed by atoms with E-state index in [1.165, 1.54) is 0 Å². The Morgan fingerprint density at radius 2 is 2.03 bits per heavy atom. The third kappa shape index (κ3) is 4.93. The van der Waals surface area contributed by atoms with Gasteiger partial charge in [0.1, 0.15) is 11.9 Å². The first-order valence-corrected chi connectivity index (χ1v) is 12.8. The van der Waals surface area contributed by atoms with Crippen LogP contribution in [0, 0.1) is 11.3 Å². The van der Waals surface area contributed by atoms with Gasteiger partial charge in [0.25, 0.3) is 11.8 Å². The Kier molecular flexibility index (Phi) is 6.65. The molecule has 0 spiro atoms. The molecule has 0 radical (unpaired) electrons. The molecule has 184 valence electrons. The molecule has 1 saturated heterocycles. The van der Waals surface area contributed by atoms with Crippen LogP contribution in [-0.2, 0) is 0 Å². The number of allylic oxidation sites excluding steroid dienone is 2. The smallest absolute Gasteiger partial charge is 0.255 e. The predicted octanol–water partition coefficient (Wildman–Crippen LogP) is 2.91. The molecule has 1 aromatic carbocycles. The fourth-order valence-electron chi connectivity index (χ4n) is 4.73. The highest BCUT2D eigenvalue weighted by atomic mass is 32.2. The molecule has 0 aliphatic carbocycles. The van der Waals surface area contributed by atoms with E-state index in [1.54, 1.807) is 28.9 Å². The van der Waals surface area contributed by atoms with Crippen LogP contribution in [0.4, 0.5) is 5.82 Å². The van der Waals surface area contributed by atoms with E-state index in [9.17, 15) is 9.59 Å². The van der Waals surface area contributed by atoms with Crippen LogP contribution in [0.3, 0.4) is 0 Å². The zero-order valence-electron chi connectivity index (χ0n) is 19.9. The molecule has 36 heavy (non-hydrogen) atoms. The van der Waals surface area contributed by atoms with Crippen LogP contribution < -0.4 is 11.1 Å². The lowest BCUT2D eigenvalue weighted by molar-refractivity contribution is 0.0783. The highest BCUT2D eigenvalue weighted by Gasteiger charge is 2.29. The summed E-state index contributed by atoms with van der Waals surface area (Å²) in [4.78, 5) is 32.8. The minimum atomic E-state index is -0.284. The van der Waals surface area contributed by atoms with Crippen LogP contribution >= 0.6 is 11.8 Å². The Morgan fingerprint density at radius 3 is 2.72 bits per heavy atom. The SMILES string of the molecule is CN1CC(c2cnc(N)c(C(=O)N[C@@H]3CCN(C(=O)c4ccc(C5CC=C(C#N)S5)cc4)C3)c2)C=N1.